The van der Waals surface area contributed by atoms with E-state index in [1.165, 1.54) is 28.9 Å². The third-order valence-corrected chi connectivity index (χ3v) is 4.53. The average molecular weight is 381 g/mol. The fourth-order valence-electron chi connectivity index (χ4n) is 2.98. The molecular weight excluding hydrogens is 361 g/mol. The van der Waals surface area contributed by atoms with Crippen molar-refractivity contribution >= 4 is 11.7 Å². The van der Waals surface area contributed by atoms with Gasteiger partial charge < -0.3 is 10.6 Å². The number of hydrogen-bond acceptors (Lipinski definition) is 3. The first-order chi connectivity index (χ1) is 13.6. The van der Waals surface area contributed by atoms with Crippen LogP contribution in [0.3, 0.4) is 0 Å². The molecule has 0 saturated heterocycles. The maximum absolute atomic E-state index is 12.9. The Balaban J connectivity index is 1.42. The predicted octanol–water partition coefficient (Wildman–Crippen LogP) is 2.87. The monoisotopic (exact) mass is 381 g/mol. The molecule has 7 nitrogen and oxygen atoms in total. The van der Waals surface area contributed by atoms with Crippen LogP contribution >= 0.6 is 0 Å². The van der Waals surface area contributed by atoms with E-state index in [0.717, 1.165) is 24.4 Å². The van der Waals surface area contributed by atoms with Crippen LogP contribution in [-0.4, -0.2) is 26.9 Å². The molecule has 0 atom stereocenters. The summed E-state index contributed by atoms with van der Waals surface area (Å²) in [5, 5.41) is 9.79. The minimum Gasteiger partial charge on any atom is -0.336 e. The van der Waals surface area contributed by atoms with Crippen LogP contribution in [0, 0.1) is 5.82 Å². The van der Waals surface area contributed by atoms with Gasteiger partial charge in [-0.2, -0.15) is 5.10 Å². The number of nitrogens with zero attached hydrogens (tertiary/aromatic N) is 3. The first-order valence-electron chi connectivity index (χ1n) is 9.17. The Morgan fingerprint density at radius 2 is 1.82 bits per heavy atom. The zero-order valence-electron chi connectivity index (χ0n) is 15.1. The van der Waals surface area contributed by atoms with Gasteiger partial charge in [0.25, 0.3) is 0 Å². The molecule has 1 aromatic heterocycles. The van der Waals surface area contributed by atoms with Gasteiger partial charge in [-0.15, -0.1) is 0 Å². The number of nitrogens with one attached hydrogen (secondary N) is 2. The van der Waals surface area contributed by atoms with Crippen LogP contribution < -0.4 is 16.3 Å². The maximum Gasteiger partial charge on any atom is 0.350 e. The van der Waals surface area contributed by atoms with E-state index < -0.39 is 6.03 Å². The molecule has 0 bridgehead atoms. The Morgan fingerprint density at radius 1 is 1.11 bits per heavy atom. The zero-order valence-corrected chi connectivity index (χ0v) is 15.1. The topological polar surface area (TPSA) is 81.0 Å². The van der Waals surface area contributed by atoms with Crippen LogP contribution in [0.25, 0.3) is 5.69 Å². The summed E-state index contributed by atoms with van der Waals surface area (Å²) < 4.78 is 15.9. The van der Waals surface area contributed by atoms with Crippen molar-refractivity contribution in [3.63, 3.8) is 0 Å². The predicted molar refractivity (Wildman–Crippen MR) is 103 cm³/mol. The van der Waals surface area contributed by atoms with E-state index in [4.69, 9.17) is 0 Å². The minimum absolute atomic E-state index is 0.214. The number of hydrogen-bond donors (Lipinski definition) is 2. The molecule has 0 spiro atoms. The van der Waals surface area contributed by atoms with Gasteiger partial charge >= 0.3 is 11.7 Å². The third-order valence-electron chi connectivity index (χ3n) is 4.53. The summed E-state index contributed by atoms with van der Waals surface area (Å²) in [4.78, 5) is 24.8. The molecular formula is C20H20FN5O2. The average Bonchev–Trinajstić information content (AvgIpc) is 3.49. The standard InChI is InChI=1S/C20H20FN5O2/c21-15-8-10-16(11-9-15)23-19(27)22-12-13-25-20(28)26(17-4-2-1-3-5-17)18(24-25)14-6-7-14/h1-5,8-11,14H,6-7,12-13H2,(H2,22,23,27). The smallest absolute Gasteiger partial charge is 0.336 e. The molecule has 1 fully saturated rings. The molecule has 1 aliphatic rings. The second kappa shape index (κ2) is 7.67. The molecule has 1 saturated carbocycles. The Morgan fingerprint density at radius 3 is 2.50 bits per heavy atom. The van der Waals surface area contributed by atoms with E-state index in [1.807, 2.05) is 30.3 Å². The lowest BCUT2D eigenvalue weighted by Crippen LogP contribution is -2.34. The van der Waals surface area contributed by atoms with Crippen molar-refractivity contribution in [3.8, 4) is 5.69 Å². The Hall–Kier alpha value is -3.42. The fourth-order valence-corrected chi connectivity index (χ4v) is 2.98. The number of aromatic nitrogens is 3. The Labute approximate surface area is 160 Å². The van der Waals surface area contributed by atoms with E-state index in [2.05, 4.69) is 15.7 Å². The highest BCUT2D eigenvalue weighted by Crippen LogP contribution is 2.39. The highest BCUT2D eigenvalue weighted by atomic mass is 19.1. The molecule has 2 N–H and O–H groups in total. The second-order valence-electron chi connectivity index (χ2n) is 6.70. The first-order valence-corrected chi connectivity index (χ1v) is 9.17. The third kappa shape index (κ3) is 3.95. The van der Waals surface area contributed by atoms with Gasteiger partial charge in [0.1, 0.15) is 11.6 Å². The SMILES string of the molecule is O=C(NCCn1nc(C2CC2)n(-c2ccccc2)c1=O)Nc1ccc(F)cc1. The summed E-state index contributed by atoms with van der Waals surface area (Å²) in [5.74, 6) is 0.710. The van der Waals surface area contributed by atoms with Crippen molar-refractivity contribution in [2.45, 2.75) is 25.3 Å². The number of para-hydroxylation sites is 1. The number of benzene rings is 2. The summed E-state index contributed by atoms with van der Waals surface area (Å²) in [7, 11) is 0. The number of rotatable bonds is 6. The molecule has 2 aromatic carbocycles. The summed E-state index contributed by atoms with van der Waals surface area (Å²) in [6.07, 6.45) is 2.06. The van der Waals surface area contributed by atoms with E-state index in [1.54, 1.807) is 4.57 Å². The van der Waals surface area contributed by atoms with Gasteiger partial charge in [-0.1, -0.05) is 18.2 Å². The van der Waals surface area contributed by atoms with Gasteiger partial charge in [-0.05, 0) is 49.2 Å². The quantitative estimate of drug-likeness (QED) is 0.689. The van der Waals surface area contributed by atoms with Crippen LogP contribution in [0.4, 0.5) is 14.9 Å². The lowest BCUT2D eigenvalue weighted by molar-refractivity contribution is 0.251. The van der Waals surface area contributed by atoms with Gasteiger partial charge in [0.05, 0.1) is 12.2 Å². The first kappa shape index (κ1) is 18.0. The lowest BCUT2D eigenvalue weighted by Gasteiger charge is -2.07. The number of anilines is 1. The van der Waals surface area contributed by atoms with Crippen LogP contribution in [0.5, 0.6) is 0 Å². The van der Waals surface area contributed by atoms with Crippen LogP contribution in [-0.2, 0) is 6.54 Å². The number of carbonyl (C=O) groups excluding carboxylic acids is 1. The molecule has 0 radical (unpaired) electrons. The molecule has 3 aromatic rings. The van der Waals surface area contributed by atoms with E-state index in [0.29, 0.717) is 11.6 Å². The normalized spacial score (nSPS) is 13.3. The molecule has 4 rings (SSSR count). The van der Waals surface area contributed by atoms with Crippen LogP contribution in [0.2, 0.25) is 0 Å². The van der Waals surface area contributed by atoms with Gasteiger partial charge in [-0.25, -0.2) is 23.2 Å². The highest BCUT2D eigenvalue weighted by molar-refractivity contribution is 5.89. The van der Waals surface area contributed by atoms with Crippen molar-refractivity contribution in [3.05, 3.63) is 76.7 Å². The molecule has 28 heavy (non-hydrogen) atoms. The van der Waals surface area contributed by atoms with Crippen molar-refractivity contribution in [2.75, 3.05) is 11.9 Å². The van der Waals surface area contributed by atoms with Gasteiger partial charge in [0.15, 0.2) is 0 Å². The Kier molecular flexibility index (Phi) is 4.92. The number of urea groups is 1. The van der Waals surface area contributed by atoms with Gasteiger partial charge in [0.2, 0.25) is 0 Å². The summed E-state index contributed by atoms with van der Waals surface area (Å²) in [6, 6.07) is 14.5. The highest BCUT2D eigenvalue weighted by Gasteiger charge is 2.31. The number of amides is 2. The number of halogens is 1. The van der Waals surface area contributed by atoms with E-state index in [9.17, 15) is 14.0 Å². The van der Waals surface area contributed by atoms with Gasteiger partial charge in [0, 0.05) is 18.2 Å². The minimum atomic E-state index is -0.426. The van der Waals surface area contributed by atoms with Gasteiger partial charge in [-0.3, -0.25) is 0 Å². The van der Waals surface area contributed by atoms with Crippen molar-refractivity contribution in [2.24, 2.45) is 0 Å². The van der Waals surface area contributed by atoms with E-state index in [-0.39, 0.29) is 24.6 Å². The maximum atomic E-state index is 12.9. The Bertz CT molecular complexity index is 1020. The second-order valence-corrected chi connectivity index (χ2v) is 6.70. The number of carbonyl (C=O) groups is 1. The largest absolute Gasteiger partial charge is 0.350 e. The van der Waals surface area contributed by atoms with Crippen molar-refractivity contribution < 1.29 is 9.18 Å². The molecule has 1 heterocycles. The summed E-state index contributed by atoms with van der Waals surface area (Å²) in [6.45, 7) is 0.498. The zero-order chi connectivity index (χ0) is 19.5. The summed E-state index contributed by atoms with van der Waals surface area (Å²) >= 11 is 0. The van der Waals surface area contributed by atoms with Crippen molar-refractivity contribution in [1.29, 1.82) is 0 Å². The molecule has 8 heteroatoms. The van der Waals surface area contributed by atoms with Crippen LogP contribution in [0.15, 0.2) is 59.4 Å². The van der Waals surface area contributed by atoms with Crippen LogP contribution in [0.1, 0.15) is 24.6 Å². The molecule has 0 aliphatic heterocycles. The molecule has 1 aliphatic carbocycles. The molecule has 0 unspecified atom stereocenters. The fraction of sp³-hybridized carbons (Fsp3) is 0.250. The molecule has 2 amide bonds. The summed E-state index contributed by atoms with van der Waals surface area (Å²) in [5.41, 5.74) is 1.07. The molecule has 144 valence electrons. The van der Waals surface area contributed by atoms with Crippen molar-refractivity contribution in [1.82, 2.24) is 19.7 Å². The van der Waals surface area contributed by atoms with E-state index >= 15 is 0 Å². The lowest BCUT2D eigenvalue weighted by atomic mass is 10.3.